The van der Waals surface area contributed by atoms with Crippen molar-refractivity contribution in [2.24, 2.45) is 23.0 Å². The number of carbonyl (C=O) groups is 5. The molecule has 1 saturated carbocycles. The van der Waals surface area contributed by atoms with Gasteiger partial charge in [-0.2, -0.15) is 0 Å². The van der Waals surface area contributed by atoms with Gasteiger partial charge in [-0.15, -0.1) is 23.2 Å². The summed E-state index contributed by atoms with van der Waals surface area (Å²) in [7, 11) is 0. The van der Waals surface area contributed by atoms with Gasteiger partial charge in [0.05, 0.1) is 6.04 Å². The summed E-state index contributed by atoms with van der Waals surface area (Å²) in [6.45, 7) is 12.3. The zero-order valence-electron chi connectivity index (χ0n) is 21.2. The molecule has 10 nitrogen and oxygen atoms in total. The second-order valence-corrected chi connectivity index (χ2v) is 12.7. The monoisotopic (exact) mass is 534 g/mol. The lowest BCUT2D eigenvalue weighted by Crippen LogP contribution is -2.60. The zero-order valence-corrected chi connectivity index (χ0v) is 22.7. The molecule has 12 heteroatoms. The molecule has 1 aliphatic carbocycles. The van der Waals surface area contributed by atoms with E-state index >= 15 is 0 Å². The highest BCUT2D eigenvalue weighted by Crippen LogP contribution is 2.65. The first-order valence-electron chi connectivity index (χ1n) is 11.6. The lowest BCUT2D eigenvalue weighted by atomic mass is 9.85. The second kappa shape index (κ2) is 10.1. The minimum Gasteiger partial charge on any atom is -0.444 e. The Morgan fingerprint density at radius 3 is 2.11 bits per heavy atom. The van der Waals surface area contributed by atoms with E-state index in [-0.39, 0.29) is 18.9 Å². The summed E-state index contributed by atoms with van der Waals surface area (Å²) in [6.07, 6.45) is -0.0697. The number of Topliss-reactive ketones (excluding diaryl/α,β-unsaturated/α-hetero) is 1. The maximum atomic E-state index is 13.7. The lowest BCUT2D eigenvalue weighted by Gasteiger charge is -2.37. The Labute approximate surface area is 215 Å². The summed E-state index contributed by atoms with van der Waals surface area (Å²) in [5, 5.41) is 5.19. The highest BCUT2D eigenvalue weighted by Gasteiger charge is 2.74. The molecule has 4 amide bonds. The molecule has 1 saturated heterocycles. The number of nitrogens with zero attached hydrogens (tertiary/aromatic N) is 1. The van der Waals surface area contributed by atoms with E-state index < -0.39 is 69.0 Å². The molecule has 2 rings (SSSR count). The summed E-state index contributed by atoms with van der Waals surface area (Å²) >= 11 is 12.7. The summed E-state index contributed by atoms with van der Waals surface area (Å²) in [5.74, 6) is -4.18. The molecule has 35 heavy (non-hydrogen) atoms. The summed E-state index contributed by atoms with van der Waals surface area (Å²) in [4.78, 5) is 64.5. The molecule has 0 aromatic heterocycles. The molecule has 0 aromatic rings. The number of amides is 4. The fraction of sp³-hybridized carbons (Fsp3) is 0.783. The fourth-order valence-corrected chi connectivity index (χ4v) is 5.19. The van der Waals surface area contributed by atoms with Crippen molar-refractivity contribution in [2.75, 3.05) is 6.54 Å². The number of halogens is 2. The van der Waals surface area contributed by atoms with Crippen molar-refractivity contribution in [1.29, 1.82) is 0 Å². The molecule has 1 aliphatic heterocycles. The maximum absolute atomic E-state index is 13.7. The van der Waals surface area contributed by atoms with Crippen molar-refractivity contribution < 1.29 is 28.7 Å². The van der Waals surface area contributed by atoms with Gasteiger partial charge in [0.1, 0.15) is 22.0 Å². The first-order valence-corrected chi connectivity index (χ1v) is 12.4. The van der Waals surface area contributed by atoms with Gasteiger partial charge in [-0.3, -0.25) is 19.2 Å². The first kappa shape index (κ1) is 29.2. The van der Waals surface area contributed by atoms with Crippen LogP contribution in [0.4, 0.5) is 4.79 Å². The number of carbonyl (C=O) groups excluding carboxylic acids is 5. The number of likely N-dealkylation sites (tertiary alicyclic amines) is 1. The van der Waals surface area contributed by atoms with Crippen LogP contribution in [0.25, 0.3) is 0 Å². The average molecular weight is 535 g/mol. The number of primary amides is 1. The number of alkyl carbamates (subject to hydrolysis) is 1. The van der Waals surface area contributed by atoms with Gasteiger partial charge in [-0.1, -0.05) is 34.1 Å². The molecule has 1 heterocycles. The molecular formula is C23H36Cl2N4O6. The van der Waals surface area contributed by atoms with Crippen molar-refractivity contribution in [3.8, 4) is 0 Å². The van der Waals surface area contributed by atoms with E-state index in [1.165, 1.54) is 4.90 Å². The van der Waals surface area contributed by atoms with Gasteiger partial charge in [0.2, 0.25) is 17.6 Å². The second-order valence-electron chi connectivity index (χ2n) is 11.3. The van der Waals surface area contributed by atoms with Crippen molar-refractivity contribution in [3.63, 3.8) is 0 Å². The quantitative estimate of drug-likeness (QED) is 0.320. The largest absolute Gasteiger partial charge is 0.444 e. The topological polar surface area (TPSA) is 148 Å². The van der Waals surface area contributed by atoms with Gasteiger partial charge in [-0.25, -0.2) is 4.79 Å². The van der Waals surface area contributed by atoms with E-state index in [0.29, 0.717) is 6.42 Å². The number of hydrogen-bond acceptors (Lipinski definition) is 6. The van der Waals surface area contributed by atoms with E-state index in [2.05, 4.69) is 10.6 Å². The predicted octanol–water partition coefficient (Wildman–Crippen LogP) is 1.90. The zero-order chi connectivity index (χ0) is 27.1. The number of nitrogens with one attached hydrogen (secondary N) is 2. The van der Waals surface area contributed by atoms with Gasteiger partial charge in [0.15, 0.2) is 0 Å². The Kier molecular flexibility index (Phi) is 8.44. The van der Waals surface area contributed by atoms with Crippen molar-refractivity contribution in [3.05, 3.63) is 0 Å². The number of alkyl halides is 2. The van der Waals surface area contributed by atoms with Crippen LogP contribution < -0.4 is 16.4 Å². The summed E-state index contributed by atoms with van der Waals surface area (Å²) in [5.41, 5.74) is 3.63. The molecule has 2 fully saturated rings. The Bertz CT molecular complexity index is 895. The van der Waals surface area contributed by atoms with Crippen LogP contribution in [0.1, 0.15) is 61.3 Å². The van der Waals surface area contributed by atoms with Crippen molar-refractivity contribution >= 4 is 52.8 Å². The van der Waals surface area contributed by atoms with E-state index in [0.717, 1.165) is 0 Å². The number of nitrogens with two attached hydrogens (primary N) is 1. The van der Waals surface area contributed by atoms with Crippen LogP contribution in [0.5, 0.6) is 0 Å². The van der Waals surface area contributed by atoms with Crippen LogP contribution in [-0.2, 0) is 23.9 Å². The number of hydrogen-bond donors (Lipinski definition) is 3. The minimum absolute atomic E-state index is 0.0966. The first-order chi connectivity index (χ1) is 15.8. The Morgan fingerprint density at radius 1 is 1.09 bits per heavy atom. The van der Waals surface area contributed by atoms with Crippen LogP contribution in [0.2, 0.25) is 0 Å². The molecule has 0 aromatic carbocycles. The number of ketones is 1. The molecular weight excluding hydrogens is 499 g/mol. The van der Waals surface area contributed by atoms with Crippen LogP contribution in [0, 0.1) is 17.3 Å². The molecule has 4 N–H and O–H groups in total. The summed E-state index contributed by atoms with van der Waals surface area (Å²) in [6, 6.07) is -3.24. The third-order valence-corrected chi connectivity index (χ3v) is 7.18. The van der Waals surface area contributed by atoms with Gasteiger partial charge in [0.25, 0.3) is 5.91 Å². The molecule has 0 bridgehead atoms. The third-order valence-electron chi connectivity index (χ3n) is 6.11. The fourth-order valence-electron chi connectivity index (χ4n) is 4.36. The lowest BCUT2D eigenvalue weighted by molar-refractivity contribution is -0.144. The molecule has 0 radical (unpaired) electrons. The maximum Gasteiger partial charge on any atom is 0.408 e. The highest BCUT2D eigenvalue weighted by molar-refractivity contribution is 6.51. The molecule has 0 spiro atoms. The number of fused-ring (bicyclic) bond motifs is 1. The number of piperidine rings is 1. The highest BCUT2D eigenvalue weighted by atomic mass is 35.5. The van der Waals surface area contributed by atoms with Crippen molar-refractivity contribution in [2.45, 2.75) is 89.4 Å². The minimum atomic E-state index is -1.21. The van der Waals surface area contributed by atoms with Crippen LogP contribution in [-0.4, -0.2) is 69.1 Å². The molecule has 2 aliphatic rings. The van der Waals surface area contributed by atoms with Gasteiger partial charge in [0, 0.05) is 18.4 Å². The van der Waals surface area contributed by atoms with Gasteiger partial charge >= 0.3 is 6.09 Å². The Hall–Kier alpha value is -2.07. The normalized spacial score (nSPS) is 24.6. The Morgan fingerprint density at radius 2 is 1.66 bits per heavy atom. The van der Waals surface area contributed by atoms with Gasteiger partial charge < -0.3 is 26.0 Å². The van der Waals surface area contributed by atoms with Crippen molar-refractivity contribution in [1.82, 2.24) is 15.5 Å². The van der Waals surface area contributed by atoms with Crippen LogP contribution >= 0.6 is 23.2 Å². The molecule has 198 valence electrons. The number of ether oxygens (including phenoxy) is 1. The van der Waals surface area contributed by atoms with E-state index in [1.807, 2.05) is 0 Å². The van der Waals surface area contributed by atoms with E-state index in [4.69, 9.17) is 33.7 Å². The SMILES string of the molecule is CCCC(NC(=O)[C@@H]1[C@@H]2[C@H](CN1C(=O)[C@@H](NC(=O)OC(C)(C)C)C(C)(C)C)C2(Cl)Cl)C(=O)C(N)=O. The van der Waals surface area contributed by atoms with Gasteiger partial charge in [-0.05, 0) is 32.6 Å². The van der Waals surface area contributed by atoms with Crippen LogP contribution in [0.3, 0.4) is 0 Å². The predicted molar refractivity (Wildman–Crippen MR) is 131 cm³/mol. The molecule has 1 unspecified atom stereocenters. The molecule has 5 atom stereocenters. The van der Waals surface area contributed by atoms with Crippen LogP contribution in [0.15, 0.2) is 0 Å². The Balaban J connectivity index is 2.31. The standard InChI is InChI=1S/C23H36Cl2N4O6/c1-8-9-12(15(30)17(26)31)27-18(32)14-13-11(23(13,24)25)10-29(14)19(33)16(21(2,3)4)28-20(34)35-22(5,6)7/h11-14,16H,8-10H2,1-7H3,(H2,26,31)(H,27,32)(H,28,34)/t11-,12?,13-,14-,16+/m0/s1. The van der Waals surface area contributed by atoms with E-state index in [1.54, 1.807) is 48.5 Å². The van der Waals surface area contributed by atoms with E-state index in [9.17, 15) is 24.0 Å². The average Bonchev–Trinajstić information content (AvgIpc) is 3.03. The third kappa shape index (κ3) is 6.58. The summed E-state index contributed by atoms with van der Waals surface area (Å²) < 4.78 is 4.11. The number of rotatable bonds is 8. The smallest absolute Gasteiger partial charge is 0.408 e.